The summed E-state index contributed by atoms with van der Waals surface area (Å²) in [6.07, 6.45) is 0. The number of nitrogens with one attached hydrogen (secondary N) is 1. The highest BCUT2D eigenvalue weighted by molar-refractivity contribution is 6.29. The maximum Gasteiger partial charge on any atom is 0.149 e. The Morgan fingerprint density at radius 1 is 1.73 bits per heavy atom. The molecule has 4 heteroatoms. The number of hydrogen-bond acceptors (Lipinski definition) is 3. The van der Waals surface area contributed by atoms with E-state index >= 15 is 0 Å². The molecule has 11 heavy (non-hydrogen) atoms. The van der Waals surface area contributed by atoms with Crippen molar-refractivity contribution in [3.63, 3.8) is 0 Å². The molecule has 0 bridgehead atoms. The fraction of sp³-hybridized carbons (Fsp3) is 0.857. The molecule has 0 aliphatic rings. The molecule has 0 aliphatic carbocycles. The molecule has 0 spiro atoms. The molecule has 0 aromatic heterocycles. The molecule has 3 nitrogen and oxygen atoms in total. The van der Waals surface area contributed by atoms with Gasteiger partial charge in [-0.05, 0) is 7.05 Å². The minimum Gasteiger partial charge on any atom is -0.395 e. The number of carbonyl (C=O) groups excluding carboxylic acids is 1. The molecule has 0 rings (SSSR count). The van der Waals surface area contributed by atoms with Crippen LogP contribution in [-0.2, 0) is 4.79 Å². The predicted octanol–water partition coefficient (Wildman–Crippen LogP) is -1.25. The van der Waals surface area contributed by atoms with Crippen LogP contribution in [0.5, 0.6) is 0 Å². The fourth-order valence-electron chi connectivity index (χ4n) is 0.917. The number of carbonyl (C=O) groups is 1. The van der Waals surface area contributed by atoms with Crippen LogP contribution in [0.15, 0.2) is 0 Å². The number of Topliss-reactive ketones (excluding diaryl/α,β-unsaturated/α-hetero) is 1. The van der Waals surface area contributed by atoms with Crippen LogP contribution >= 0.6 is 0 Å². The average molecular weight is 157 g/mol. The molecule has 1 atom stereocenters. The topological polar surface area (TPSA) is 49.3 Å². The summed E-state index contributed by atoms with van der Waals surface area (Å²) in [7, 11) is 3.38. The minimum atomic E-state index is -0.770. The van der Waals surface area contributed by atoms with E-state index in [-0.39, 0.29) is 18.3 Å². The normalized spacial score (nSPS) is 16.5. The quantitative estimate of drug-likeness (QED) is 0.501. The van der Waals surface area contributed by atoms with Crippen LogP contribution in [0.4, 0.5) is 0 Å². The molecular formula is C7H16BNO2. The van der Waals surface area contributed by atoms with Crippen molar-refractivity contribution >= 4 is 13.6 Å². The van der Waals surface area contributed by atoms with Crippen LogP contribution < -0.4 is 5.32 Å². The summed E-state index contributed by atoms with van der Waals surface area (Å²) in [5, 5.41) is 11.7. The van der Waals surface area contributed by atoms with Gasteiger partial charge in [0, 0.05) is 5.92 Å². The Bertz CT molecular complexity index is 143. The Kier molecular flexibility index (Phi) is 3.76. The average Bonchev–Trinajstić information content (AvgIpc) is 2.01. The van der Waals surface area contributed by atoms with Gasteiger partial charge in [0.2, 0.25) is 0 Å². The lowest BCUT2D eigenvalue weighted by atomic mass is 9.72. The van der Waals surface area contributed by atoms with Gasteiger partial charge in [0.1, 0.15) is 13.6 Å². The summed E-state index contributed by atoms with van der Waals surface area (Å²) in [5.41, 5.74) is -0.770. The molecule has 0 saturated carbocycles. The lowest BCUT2D eigenvalue weighted by Gasteiger charge is -2.27. The Morgan fingerprint density at radius 2 is 2.18 bits per heavy atom. The lowest BCUT2D eigenvalue weighted by Crippen LogP contribution is -2.55. The molecule has 0 fully saturated rings. The van der Waals surface area contributed by atoms with E-state index in [4.69, 9.17) is 5.11 Å². The summed E-state index contributed by atoms with van der Waals surface area (Å²) in [5.74, 6) is 0.00194. The summed E-state index contributed by atoms with van der Waals surface area (Å²) < 4.78 is 0. The summed E-state index contributed by atoms with van der Waals surface area (Å²) in [6, 6.07) is 0. The Morgan fingerprint density at radius 3 is 2.27 bits per heavy atom. The molecule has 0 aromatic rings. The van der Waals surface area contributed by atoms with E-state index in [1.807, 2.05) is 13.8 Å². The molecular weight excluding hydrogens is 141 g/mol. The molecule has 0 amide bonds. The van der Waals surface area contributed by atoms with Crippen molar-refractivity contribution in [3.8, 4) is 0 Å². The zero-order chi connectivity index (χ0) is 9.07. The van der Waals surface area contributed by atoms with Gasteiger partial charge in [0.15, 0.2) is 0 Å². The first-order valence-corrected chi connectivity index (χ1v) is 3.82. The number of rotatable bonds is 4. The van der Waals surface area contributed by atoms with Crippen LogP contribution in [0.3, 0.4) is 0 Å². The Hall–Kier alpha value is -0.345. The van der Waals surface area contributed by atoms with E-state index in [0.717, 1.165) is 0 Å². The fourth-order valence-corrected chi connectivity index (χ4v) is 0.917. The third kappa shape index (κ3) is 2.31. The van der Waals surface area contributed by atoms with E-state index in [9.17, 15) is 4.79 Å². The SMILES string of the molecule is B[C@](CO)(NC)C(=O)C(C)C. The lowest BCUT2D eigenvalue weighted by molar-refractivity contribution is -0.126. The molecule has 0 aliphatic heterocycles. The van der Waals surface area contributed by atoms with Gasteiger partial charge in [0.25, 0.3) is 0 Å². The predicted molar refractivity (Wildman–Crippen MR) is 47.3 cm³/mol. The number of likely N-dealkylation sites (N-methyl/N-ethyl adjacent to an activating group) is 1. The zero-order valence-electron chi connectivity index (χ0n) is 7.64. The van der Waals surface area contributed by atoms with E-state index in [2.05, 4.69) is 5.32 Å². The van der Waals surface area contributed by atoms with Gasteiger partial charge < -0.3 is 10.4 Å². The van der Waals surface area contributed by atoms with Gasteiger partial charge >= 0.3 is 0 Å². The van der Waals surface area contributed by atoms with Crippen molar-refractivity contribution in [3.05, 3.63) is 0 Å². The Labute approximate surface area is 68.6 Å². The van der Waals surface area contributed by atoms with Gasteiger partial charge in [-0.15, -0.1) is 0 Å². The highest BCUT2D eigenvalue weighted by Gasteiger charge is 2.31. The van der Waals surface area contributed by atoms with Crippen molar-refractivity contribution in [2.75, 3.05) is 13.7 Å². The number of ketones is 1. The molecule has 0 unspecified atom stereocenters. The third-order valence-electron chi connectivity index (χ3n) is 1.94. The number of hydrogen-bond donors (Lipinski definition) is 2. The van der Waals surface area contributed by atoms with Crippen LogP contribution in [-0.4, -0.2) is 37.8 Å². The highest BCUT2D eigenvalue weighted by Crippen LogP contribution is 2.07. The maximum absolute atomic E-state index is 11.4. The van der Waals surface area contributed by atoms with E-state index in [1.165, 1.54) is 0 Å². The largest absolute Gasteiger partial charge is 0.395 e. The first kappa shape index (κ1) is 10.7. The summed E-state index contributed by atoms with van der Waals surface area (Å²) >= 11 is 0. The zero-order valence-corrected chi connectivity index (χ0v) is 7.64. The second-order valence-corrected chi connectivity index (χ2v) is 3.26. The smallest absolute Gasteiger partial charge is 0.149 e. The van der Waals surface area contributed by atoms with Crippen molar-refractivity contribution in [2.24, 2.45) is 5.92 Å². The third-order valence-corrected chi connectivity index (χ3v) is 1.94. The van der Waals surface area contributed by atoms with Gasteiger partial charge in [-0.25, -0.2) is 0 Å². The summed E-state index contributed by atoms with van der Waals surface area (Å²) in [6.45, 7) is 3.50. The van der Waals surface area contributed by atoms with Crippen LogP contribution in [0.25, 0.3) is 0 Å². The molecule has 0 heterocycles. The minimum absolute atomic E-state index is 0.0420. The van der Waals surface area contributed by atoms with E-state index in [1.54, 1.807) is 14.9 Å². The van der Waals surface area contributed by atoms with Gasteiger partial charge in [-0.3, -0.25) is 4.79 Å². The number of aliphatic hydroxyl groups is 1. The van der Waals surface area contributed by atoms with Crippen LogP contribution in [0.2, 0.25) is 0 Å². The standard InChI is InChI=1S/C7H16BNO2/c1-5(2)6(11)7(8,4-10)9-3/h5,9-10H,4,8H2,1-3H3/t7-/m1/s1. The molecule has 64 valence electrons. The van der Waals surface area contributed by atoms with Crippen molar-refractivity contribution in [1.82, 2.24) is 5.32 Å². The molecule has 2 N–H and O–H groups in total. The summed E-state index contributed by atoms with van der Waals surface area (Å²) in [4.78, 5) is 11.4. The van der Waals surface area contributed by atoms with Crippen molar-refractivity contribution < 1.29 is 9.90 Å². The van der Waals surface area contributed by atoms with Gasteiger partial charge in [-0.2, -0.15) is 0 Å². The molecule has 0 radical (unpaired) electrons. The monoisotopic (exact) mass is 157 g/mol. The first-order chi connectivity index (χ1) is 4.98. The first-order valence-electron chi connectivity index (χ1n) is 3.82. The molecule has 0 saturated heterocycles. The maximum atomic E-state index is 11.4. The Balaban J connectivity index is 4.37. The number of aliphatic hydroxyl groups excluding tert-OH is 1. The van der Waals surface area contributed by atoms with Gasteiger partial charge in [-0.1, -0.05) is 13.8 Å². The van der Waals surface area contributed by atoms with Crippen molar-refractivity contribution in [2.45, 2.75) is 19.3 Å². The van der Waals surface area contributed by atoms with E-state index < -0.39 is 5.44 Å². The van der Waals surface area contributed by atoms with Crippen molar-refractivity contribution in [1.29, 1.82) is 0 Å². The second-order valence-electron chi connectivity index (χ2n) is 3.26. The van der Waals surface area contributed by atoms with E-state index in [0.29, 0.717) is 0 Å². The van der Waals surface area contributed by atoms with Crippen LogP contribution in [0.1, 0.15) is 13.8 Å². The van der Waals surface area contributed by atoms with Gasteiger partial charge in [0.05, 0.1) is 12.0 Å². The second kappa shape index (κ2) is 3.88. The highest BCUT2D eigenvalue weighted by atomic mass is 16.3. The van der Waals surface area contributed by atoms with Crippen LogP contribution in [0, 0.1) is 5.92 Å². The molecule has 0 aromatic carbocycles.